The molecule has 1 nitrogen and oxygen atoms in total. The molecule has 1 aromatic carbocycles. The van der Waals surface area contributed by atoms with Crippen LogP contribution in [0.25, 0.3) is 0 Å². The molecule has 0 unspecified atom stereocenters. The van der Waals surface area contributed by atoms with Crippen molar-refractivity contribution in [1.82, 2.24) is 0 Å². The summed E-state index contributed by atoms with van der Waals surface area (Å²) >= 11 is 4.58. The first-order chi connectivity index (χ1) is 7.33. The summed E-state index contributed by atoms with van der Waals surface area (Å²) in [5, 5.41) is 0. The van der Waals surface area contributed by atoms with Crippen LogP contribution < -0.4 is 4.74 Å². The zero-order chi connectivity index (χ0) is 12.3. The molecule has 2 heteroatoms. The summed E-state index contributed by atoms with van der Waals surface area (Å²) < 4.78 is 5.38. The molecule has 0 heterocycles. The lowest BCUT2D eigenvalue weighted by molar-refractivity contribution is 0.407. The number of methoxy groups -OCH3 is 1. The van der Waals surface area contributed by atoms with Crippen molar-refractivity contribution in [1.29, 1.82) is 0 Å². The van der Waals surface area contributed by atoms with Gasteiger partial charge in [-0.1, -0.05) is 39.8 Å². The van der Waals surface area contributed by atoms with Crippen LogP contribution >= 0.6 is 12.6 Å². The maximum absolute atomic E-state index is 5.39. The minimum Gasteiger partial charge on any atom is -0.496 e. The van der Waals surface area contributed by atoms with Crippen LogP contribution in [0.3, 0.4) is 0 Å². The van der Waals surface area contributed by atoms with E-state index in [2.05, 4.69) is 58.5 Å². The number of hydrogen-bond donors (Lipinski definition) is 1. The molecule has 0 fully saturated rings. The van der Waals surface area contributed by atoms with Crippen molar-refractivity contribution in [2.45, 2.75) is 44.8 Å². The summed E-state index contributed by atoms with van der Waals surface area (Å²) in [6.07, 6.45) is 0.917. The highest BCUT2D eigenvalue weighted by molar-refractivity contribution is 7.81. The van der Waals surface area contributed by atoms with Crippen LogP contribution in [-0.4, -0.2) is 11.9 Å². The molecule has 0 saturated carbocycles. The van der Waals surface area contributed by atoms with Crippen LogP contribution in [0, 0.1) is 0 Å². The Hall–Kier alpha value is -0.630. The number of hydrogen-bond acceptors (Lipinski definition) is 2. The quantitative estimate of drug-likeness (QED) is 0.778. The highest BCUT2D eigenvalue weighted by Gasteiger charge is 2.16. The average molecular weight is 238 g/mol. The second kappa shape index (κ2) is 5.13. The summed E-state index contributed by atoms with van der Waals surface area (Å²) in [6.45, 7) is 8.66. The highest BCUT2D eigenvalue weighted by Crippen LogP contribution is 2.29. The van der Waals surface area contributed by atoms with Crippen molar-refractivity contribution in [2.75, 3.05) is 7.11 Å². The smallest absolute Gasteiger partial charge is 0.122 e. The van der Waals surface area contributed by atoms with Gasteiger partial charge in [0.1, 0.15) is 5.75 Å². The van der Waals surface area contributed by atoms with Crippen molar-refractivity contribution >= 4 is 12.6 Å². The van der Waals surface area contributed by atoms with Crippen LogP contribution in [0.15, 0.2) is 18.2 Å². The fourth-order valence-electron chi connectivity index (χ4n) is 1.76. The topological polar surface area (TPSA) is 9.23 Å². The van der Waals surface area contributed by atoms with E-state index in [1.165, 1.54) is 11.1 Å². The largest absolute Gasteiger partial charge is 0.496 e. The molecule has 0 bridgehead atoms. The fraction of sp³-hybridized carbons (Fsp3) is 0.571. The molecule has 90 valence electrons. The molecule has 0 amide bonds. The van der Waals surface area contributed by atoms with Crippen molar-refractivity contribution in [3.8, 4) is 5.75 Å². The number of ether oxygens (including phenoxy) is 1. The van der Waals surface area contributed by atoms with Crippen LogP contribution in [0.1, 0.15) is 44.7 Å². The van der Waals surface area contributed by atoms with Gasteiger partial charge in [-0.25, -0.2) is 0 Å². The molecule has 0 N–H and O–H groups in total. The van der Waals surface area contributed by atoms with Crippen molar-refractivity contribution in [2.24, 2.45) is 0 Å². The molecular weight excluding hydrogens is 216 g/mol. The Balaban J connectivity index is 3.07. The third-order valence-corrected chi connectivity index (χ3v) is 2.75. The fourth-order valence-corrected chi connectivity index (χ4v) is 1.93. The van der Waals surface area contributed by atoms with Gasteiger partial charge in [0, 0.05) is 4.75 Å². The first kappa shape index (κ1) is 13.4. The Morgan fingerprint density at radius 2 is 1.94 bits per heavy atom. The predicted octanol–water partition coefficient (Wildman–Crippen LogP) is 4.07. The second-order valence-electron chi connectivity index (χ2n) is 5.22. The van der Waals surface area contributed by atoms with Crippen LogP contribution in [-0.2, 0) is 6.42 Å². The molecule has 0 aliphatic carbocycles. The van der Waals surface area contributed by atoms with E-state index in [0.29, 0.717) is 5.92 Å². The van der Waals surface area contributed by atoms with Crippen LogP contribution in [0.2, 0.25) is 0 Å². The maximum atomic E-state index is 5.39. The van der Waals surface area contributed by atoms with E-state index in [-0.39, 0.29) is 4.75 Å². The second-order valence-corrected chi connectivity index (χ2v) is 6.43. The van der Waals surface area contributed by atoms with E-state index < -0.39 is 0 Å². The highest BCUT2D eigenvalue weighted by atomic mass is 32.1. The molecule has 0 atom stereocenters. The van der Waals surface area contributed by atoms with Gasteiger partial charge in [0.15, 0.2) is 0 Å². The lowest BCUT2D eigenvalue weighted by atomic mass is 9.95. The SMILES string of the molecule is COc1ccc(C(C)C)cc1CC(C)(C)S. The molecule has 0 aliphatic rings. The van der Waals surface area contributed by atoms with Crippen molar-refractivity contribution < 1.29 is 4.74 Å². The zero-order valence-corrected chi connectivity index (χ0v) is 11.8. The van der Waals surface area contributed by atoms with Crippen molar-refractivity contribution in [3.63, 3.8) is 0 Å². The Morgan fingerprint density at radius 1 is 1.31 bits per heavy atom. The van der Waals surface area contributed by atoms with Crippen LogP contribution in [0.5, 0.6) is 5.75 Å². The zero-order valence-electron chi connectivity index (χ0n) is 10.9. The van der Waals surface area contributed by atoms with Gasteiger partial charge >= 0.3 is 0 Å². The van der Waals surface area contributed by atoms with Crippen LogP contribution in [0.4, 0.5) is 0 Å². The van der Waals surface area contributed by atoms with E-state index >= 15 is 0 Å². The Bertz CT molecular complexity index is 350. The summed E-state index contributed by atoms with van der Waals surface area (Å²) in [5.41, 5.74) is 2.60. The van der Waals surface area contributed by atoms with Crippen molar-refractivity contribution in [3.05, 3.63) is 29.3 Å². The molecular formula is C14H22OS. The van der Waals surface area contributed by atoms with E-state index in [1.54, 1.807) is 7.11 Å². The first-order valence-electron chi connectivity index (χ1n) is 5.72. The molecule has 1 aromatic rings. The number of rotatable bonds is 4. The third-order valence-electron chi connectivity index (χ3n) is 2.59. The van der Waals surface area contributed by atoms with Gasteiger partial charge in [0.25, 0.3) is 0 Å². The molecule has 0 aliphatic heterocycles. The molecule has 0 aromatic heterocycles. The summed E-state index contributed by atoms with van der Waals surface area (Å²) in [6, 6.07) is 6.43. The molecule has 0 radical (unpaired) electrons. The molecule has 16 heavy (non-hydrogen) atoms. The van der Waals surface area contributed by atoms with Gasteiger partial charge in [0.2, 0.25) is 0 Å². The van der Waals surface area contributed by atoms with Gasteiger partial charge in [-0.15, -0.1) is 0 Å². The lowest BCUT2D eigenvalue weighted by Gasteiger charge is -2.20. The summed E-state index contributed by atoms with van der Waals surface area (Å²) in [4.78, 5) is 0. The minimum atomic E-state index is -0.0110. The Morgan fingerprint density at radius 3 is 2.38 bits per heavy atom. The molecule has 0 spiro atoms. The predicted molar refractivity (Wildman–Crippen MR) is 73.9 cm³/mol. The van der Waals surface area contributed by atoms with E-state index in [0.717, 1.165) is 12.2 Å². The lowest BCUT2D eigenvalue weighted by Crippen LogP contribution is -2.15. The number of benzene rings is 1. The minimum absolute atomic E-state index is 0.0110. The standard InChI is InChI=1S/C14H22OS/c1-10(2)11-6-7-13(15-5)12(8-11)9-14(3,4)16/h6-8,10,16H,9H2,1-5H3. The van der Waals surface area contributed by atoms with Gasteiger partial charge in [-0.2, -0.15) is 12.6 Å². The van der Waals surface area contributed by atoms with E-state index in [1.807, 2.05) is 0 Å². The molecule has 0 saturated heterocycles. The maximum Gasteiger partial charge on any atom is 0.122 e. The molecule has 1 rings (SSSR count). The third kappa shape index (κ3) is 3.75. The first-order valence-corrected chi connectivity index (χ1v) is 6.17. The summed E-state index contributed by atoms with van der Waals surface area (Å²) in [5.74, 6) is 1.51. The van der Waals surface area contributed by atoms with E-state index in [4.69, 9.17) is 4.74 Å². The normalized spacial score (nSPS) is 11.9. The summed E-state index contributed by atoms with van der Waals surface area (Å²) in [7, 11) is 1.72. The Labute approximate surface area is 105 Å². The van der Waals surface area contributed by atoms with Gasteiger partial charge in [-0.05, 0) is 29.5 Å². The monoisotopic (exact) mass is 238 g/mol. The van der Waals surface area contributed by atoms with Gasteiger partial charge in [-0.3, -0.25) is 0 Å². The Kier molecular flexibility index (Phi) is 4.31. The van der Waals surface area contributed by atoms with E-state index in [9.17, 15) is 0 Å². The average Bonchev–Trinajstić information content (AvgIpc) is 2.15. The van der Waals surface area contributed by atoms with Gasteiger partial charge in [0.05, 0.1) is 7.11 Å². The number of thiol groups is 1. The van der Waals surface area contributed by atoms with Gasteiger partial charge < -0.3 is 4.74 Å².